The van der Waals surface area contributed by atoms with E-state index in [-0.39, 0.29) is 0 Å². The van der Waals surface area contributed by atoms with Gasteiger partial charge in [0.05, 0.1) is 11.9 Å². The van der Waals surface area contributed by atoms with Crippen molar-refractivity contribution in [2.45, 2.75) is 6.92 Å². The summed E-state index contributed by atoms with van der Waals surface area (Å²) in [5.41, 5.74) is 6.83. The van der Waals surface area contributed by atoms with E-state index in [1.807, 2.05) is 26.4 Å². The Balaban J connectivity index is 1.72. The highest BCUT2D eigenvalue weighted by molar-refractivity contribution is 5.96. The number of benzene rings is 2. The minimum atomic E-state index is 0.804. The molecule has 0 bridgehead atoms. The van der Waals surface area contributed by atoms with E-state index >= 15 is 0 Å². The van der Waals surface area contributed by atoms with E-state index in [1.54, 1.807) is 10.9 Å². The molecule has 0 aliphatic rings. The number of aryl methyl sites for hydroxylation is 2. The molecule has 0 radical (unpaired) electrons. The van der Waals surface area contributed by atoms with Gasteiger partial charge in [0.25, 0.3) is 0 Å². The van der Waals surface area contributed by atoms with Crippen LogP contribution in [0.3, 0.4) is 0 Å². The molecule has 0 amide bonds. The molecule has 4 heteroatoms. The number of hydrogen-bond acceptors (Lipinski definition) is 3. The molecule has 0 atom stereocenters. The zero-order valence-corrected chi connectivity index (χ0v) is 14.6. The second kappa shape index (κ2) is 5.56. The number of rotatable bonds is 2. The SMILES string of the molecule is Cc1cc2occ(-c3ccc4ccccc4c3)c2nc1-c1cnn(C)c1. The Morgan fingerprint density at radius 2 is 1.81 bits per heavy atom. The van der Waals surface area contributed by atoms with Crippen LogP contribution in [0, 0.1) is 6.92 Å². The molecule has 0 N–H and O–H groups in total. The second-order valence-electron chi connectivity index (χ2n) is 6.61. The van der Waals surface area contributed by atoms with Crippen LogP contribution in [-0.2, 0) is 7.05 Å². The predicted molar refractivity (Wildman–Crippen MR) is 104 cm³/mol. The monoisotopic (exact) mass is 339 g/mol. The molecule has 3 heterocycles. The molecule has 2 aromatic carbocycles. The number of nitrogens with zero attached hydrogens (tertiary/aromatic N) is 3. The third-order valence-electron chi connectivity index (χ3n) is 4.78. The first-order valence-electron chi connectivity index (χ1n) is 8.56. The summed E-state index contributed by atoms with van der Waals surface area (Å²) in [5, 5.41) is 6.70. The van der Waals surface area contributed by atoms with Gasteiger partial charge in [0.15, 0.2) is 5.58 Å². The molecule has 26 heavy (non-hydrogen) atoms. The van der Waals surface area contributed by atoms with Crippen LogP contribution in [-0.4, -0.2) is 14.8 Å². The first-order valence-corrected chi connectivity index (χ1v) is 8.56. The van der Waals surface area contributed by atoms with Gasteiger partial charge < -0.3 is 4.42 Å². The third kappa shape index (κ3) is 2.30. The summed E-state index contributed by atoms with van der Waals surface area (Å²) in [4.78, 5) is 4.93. The van der Waals surface area contributed by atoms with Crippen LogP contribution in [0.15, 0.2) is 71.6 Å². The van der Waals surface area contributed by atoms with E-state index in [4.69, 9.17) is 9.40 Å². The van der Waals surface area contributed by atoms with E-state index in [2.05, 4.69) is 53.6 Å². The normalized spacial score (nSPS) is 11.5. The Morgan fingerprint density at radius 1 is 0.962 bits per heavy atom. The summed E-state index contributed by atoms with van der Waals surface area (Å²) >= 11 is 0. The van der Waals surface area contributed by atoms with Gasteiger partial charge in [-0.05, 0) is 41.0 Å². The maximum atomic E-state index is 5.81. The summed E-state index contributed by atoms with van der Waals surface area (Å²) in [6.45, 7) is 2.05. The van der Waals surface area contributed by atoms with Crippen molar-refractivity contribution in [3.8, 4) is 22.4 Å². The van der Waals surface area contributed by atoms with Crippen LogP contribution in [0.25, 0.3) is 44.3 Å². The molecule has 0 saturated carbocycles. The van der Waals surface area contributed by atoms with E-state index < -0.39 is 0 Å². The summed E-state index contributed by atoms with van der Waals surface area (Å²) < 4.78 is 7.60. The van der Waals surface area contributed by atoms with Crippen molar-refractivity contribution in [1.82, 2.24) is 14.8 Å². The first-order chi connectivity index (χ1) is 12.7. The summed E-state index contributed by atoms with van der Waals surface area (Å²) in [6.07, 6.45) is 5.63. The fourth-order valence-corrected chi connectivity index (χ4v) is 3.45. The first kappa shape index (κ1) is 14.9. The van der Waals surface area contributed by atoms with Crippen LogP contribution in [0.4, 0.5) is 0 Å². The van der Waals surface area contributed by atoms with Crippen LogP contribution in [0.2, 0.25) is 0 Å². The lowest BCUT2D eigenvalue weighted by atomic mass is 10.0. The quantitative estimate of drug-likeness (QED) is 0.435. The molecular formula is C22H17N3O. The number of pyridine rings is 1. The Bertz CT molecular complexity index is 1260. The molecule has 0 unspecified atom stereocenters. The largest absolute Gasteiger partial charge is 0.462 e. The standard InChI is InChI=1S/C22H17N3O/c1-14-9-20-22(24-21(14)18-11-23-25(2)12-18)19(13-26-20)17-8-7-15-5-3-4-6-16(15)10-17/h3-13H,1-2H3. The molecule has 5 aromatic rings. The highest BCUT2D eigenvalue weighted by Gasteiger charge is 2.15. The van der Waals surface area contributed by atoms with Gasteiger partial charge in [0.2, 0.25) is 0 Å². The molecule has 126 valence electrons. The van der Waals surface area contributed by atoms with Crippen molar-refractivity contribution >= 4 is 21.9 Å². The van der Waals surface area contributed by atoms with Gasteiger partial charge in [0, 0.05) is 24.4 Å². The van der Waals surface area contributed by atoms with Crippen LogP contribution < -0.4 is 0 Å². The van der Waals surface area contributed by atoms with Crippen molar-refractivity contribution in [1.29, 1.82) is 0 Å². The Morgan fingerprint density at radius 3 is 2.62 bits per heavy atom. The lowest BCUT2D eigenvalue weighted by Gasteiger charge is -2.05. The molecule has 0 aliphatic heterocycles. The van der Waals surface area contributed by atoms with Gasteiger partial charge in [-0.2, -0.15) is 5.10 Å². The van der Waals surface area contributed by atoms with Gasteiger partial charge in [-0.3, -0.25) is 4.68 Å². The maximum Gasteiger partial charge on any atom is 0.153 e. The van der Waals surface area contributed by atoms with Crippen molar-refractivity contribution < 1.29 is 4.42 Å². The molecule has 5 rings (SSSR count). The fraction of sp³-hybridized carbons (Fsp3) is 0.0909. The summed E-state index contributed by atoms with van der Waals surface area (Å²) in [6, 6.07) is 16.9. The van der Waals surface area contributed by atoms with Crippen LogP contribution in [0.1, 0.15) is 5.56 Å². The zero-order valence-electron chi connectivity index (χ0n) is 14.6. The number of furan rings is 1. The van der Waals surface area contributed by atoms with Gasteiger partial charge in [-0.15, -0.1) is 0 Å². The van der Waals surface area contributed by atoms with Crippen LogP contribution in [0.5, 0.6) is 0 Å². The highest BCUT2D eigenvalue weighted by atomic mass is 16.3. The van der Waals surface area contributed by atoms with Crippen molar-refractivity contribution in [2.24, 2.45) is 7.05 Å². The second-order valence-corrected chi connectivity index (χ2v) is 6.61. The van der Waals surface area contributed by atoms with Crippen molar-refractivity contribution in [3.05, 3.63) is 72.8 Å². The van der Waals surface area contributed by atoms with Gasteiger partial charge >= 0.3 is 0 Å². The van der Waals surface area contributed by atoms with Crippen molar-refractivity contribution in [2.75, 3.05) is 0 Å². The van der Waals surface area contributed by atoms with E-state index in [0.717, 1.165) is 39.0 Å². The number of fused-ring (bicyclic) bond motifs is 2. The molecule has 4 nitrogen and oxygen atoms in total. The Kier molecular flexibility index (Phi) is 3.19. The molecule has 0 fully saturated rings. The van der Waals surface area contributed by atoms with E-state index in [1.165, 1.54) is 10.8 Å². The minimum Gasteiger partial charge on any atom is -0.462 e. The van der Waals surface area contributed by atoms with Gasteiger partial charge in [-0.25, -0.2) is 4.98 Å². The van der Waals surface area contributed by atoms with Gasteiger partial charge in [0.1, 0.15) is 11.8 Å². The minimum absolute atomic E-state index is 0.804. The van der Waals surface area contributed by atoms with E-state index in [9.17, 15) is 0 Å². The summed E-state index contributed by atoms with van der Waals surface area (Å²) in [5.74, 6) is 0. The molecule has 0 spiro atoms. The highest BCUT2D eigenvalue weighted by Crippen LogP contribution is 2.34. The van der Waals surface area contributed by atoms with Crippen molar-refractivity contribution in [3.63, 3.8) is 0 Å². The topological polar surface area (TPSA) is 43.9 Å². The molecule has 0 aliphatic carbocycles. The molecule has 3 aromatic heterocycles. The third-order valence-corrected chi connectivity index (χ3v) is 4.78. The fourth-order valence-electron chi connectivity index (χ4n) is 3.45. The Hall–Kier alpha value is -3.40. The Labute approximate surface area is 150 Å². The maximum absolute atomic E-state index is 5.81. The lowest BCUT2D eigenvalue weighted by molar-refractivity contribution is 0.616. The number of hydrogen-bond donors (Lipinski definition) is 0. The van der Waals surface area contributed by atoms with E-state index in [0.29, 0.717) is 0 Å². The van der Waals surface area contributed by atoms with Gasteiger partial charge in [-0.1, -0.05) is 36.4 Å². The number of aromatic nitrogens is 3. The van der Waals surface area contributed by atoms with Crippen LogP contribution >= 0.6 is 0 Å². The zero-order chi connectivity index (χ0) is 17.7. The smallest absolute Gasteiger partial charge is 0.153 e. The summed E-state index contributed by atoms with van der Waals surface area (Å²) in [7, 11) is 1.91. The molecular weight excluding hydrogens is 322 g/mol. The lowest BCUT2D eigenvalue weighted by Crippen LogP contribution is -1.89. The molecule has 0 saturated heterocycles. The average molecular weight is 339 g/mol. The predicted octanol–water partition coefficient (Wildman–Crippen LogP) is 5.36. The average Bonchev–Trinajstić information content (AvgIpc) is 3.26.